The summed E-state index contributed by atoms with van der Waals surface area (Å²) in [5, 5.41) is 9.10. The lowest BCUT2D eigenvalue weighted by Gasteiger charge is -2.28. The van der Waals surface area contributed by atoms with Crippen molar-refractivity contribution < 1.29 is 14.7 Å². The number of aliphatic carboxylic acids is 1. The summed E-state index contributed by atoms with van der Waals surface area (Å²) in [6.45, 7) is 10.4. The van der Waals surface area contributed by atoms with Crippen molar-refractivity contribution in [2.24, 2.45) is 0 Å². The van der Waals surface area contributed by atoms with Gasteiger partial charge in [0.05, 0.1) is 13.1 Å². The summed E-state index contributed by atoms with van der Waals surface area (Å²) in [5.74, 6) is -0.737. The van der Waals surface area contributed by atoms with Gasteiger partial charge in [-0.3, -0.25) is 14.6 Å². The van der Waals surface area contributed by atoms with Crippen molar-refractivity contribution in [2.75, 3.05) is 78.5 Å². The normalized spacial score (nSPS) is 28.8. The molecule has 0 radical (unpaired) electrons. The Kier molecular flexibility index (Phi) is 8.66. The smallest absolute Gasteiger partial charge is 0.317 e. The molecule has 7 nitrogen and oxygen atoms in total. The van der Waals surface area contributed by atoms with Gasteiger partial charge in [-0.15, -0.1) is 0 Å². The number of carboxylic acid groups (broad SMARTS) is 1. The van der Waals surface area contributed by atoms with Gasteiger partial charge >= 0.3 is 5.97 Å². The van der Waals surface area contributed by atoms with Crippen molar-refractivity contribution in [3.05, 3.63) is 0 Å². The van der Waals surface area contributed by atoms with Crippen LogP contribution in [-0.4, -0.2) is 115 Å². The fourth-order valence-electron chi connectivity index (χ4n) is 3.65. The second-order valence-electron chi connectivity index (χ2n) is 6.88. The number of carboxylic acids is 1. The van der Waals surface area contributed by atoms with E-state index < -0.39 is 5.97 Å². The van der Waals surface area contributed by atoms with E-state index in [9.17, 15) is 9.59 Å². The summed E-state index contributed by atoms with van der Waals surface area (Å²) < 4.78 is 0. The van der Waals surface area contributed by atoms with Crippen LogP contribution in [0.25, 0.3) is 0 Å². The van der Waals surface area contributed by atoms with Crippen molar-refractivity contribution in [1.82, 2.24) is 19.6 Å². The third kappa shape index (κ3) is 7.25. The van der Waals surface area contributed by atoms with E-state index in [1.807, 2.05) is 0 Å². The molecule has 0 aromatic heterocycles. The molecule has 24 heavy (non-hydrogen) atoms. The van der Waals surface area contributed by atoms with Crippen LogP contribution in [0.1, 0.15) is 19.3 Å². The predicted molar refractivity (Wildman–Crippen MR) is 93.3 cm³/mol. The molecule has 7 heteroatoms. The first-order chi connectivity index (χ1) is 11.7. The lowest BCUT2D eigenvalue weighted by molar-refractivity contribution is -0.138. The SMILES string of the molecule is O=CCN1CCCN2CCCN(CCCN(CC(=O)O)CC2)CC1. The number of aldehydes is 1. The predicted octanol–water partition coefficient (Wildman–Crippen LogP) is -0.325. The Hall–Kier alpha value is -1.02. The van der Waals surface area contributed by atoms with Gasteiger partial charge in [0.15, 0.2) is 0 Å². The van der Waals surface area contributed by atoms with Gasteiger partial charge in [0, 0.05) is 32.7 Å². The van der Waals surface area contributed by atoms with Gasteiger partial charge in [0.2, 0.25) is 0 Å². The molecule has 0 spiro atoms. The van der Waals surface area contributed by atoms with Gasteiger partial charge in [-0.25, -0.2) is 0 Å². The first kappa shape index (κ1) is 19.3. The fraction of sp³-hybridized carbons (Fsp3) is 0.882. The van der Waals surface area contributed by atoms with Crippen molar-refractivity contribution >= 4 is 12.3 Å². The van der Waals surface area contributed by atoms with Crippen molar-refractivity contribution in [3.63, 3.8) is 0 Å². The maximum atomic E-state index is 11.1. The second kappa shape index (κ2) is 10.8. The van der Waals surface area contributed by atoms with E-state index in [-0.39, 0.29) is 6.54 Å². The third-order valence-electron chi connectivity index (χ3n) is 5.00. The molecule has 0 aliphatic carbocycles. The molecule has 0 saturated carbocycles. The molecule has 2 bridgehead atoms. The number of rotatable bonds is 4. The van der Waals surface area contributed by atoms with Crippen molar-refractivity contribution in [2.45, 2.75) is 19.3 Å². The summed E-state index contributed by atoms with van der Waals surface area (Å²) in [6, 6.07) is 0. The maximum absolute atomic E-state index is 11.1. The monoisotopic (exact) mass is 340 g/mol. The van der Waals surface area contributed by atoms with E-state index in [1.165, 1.54) is 0 Å². The molecular formula is C17H32N4O3. The lowest BCUT2D eigenvalue weighted by atomic mass is 10.3. The zero-order valence-corrected chi connectivity index (χ0v) is 14.7. The van der Waals surface area contributed by atoms with Crippen LogP contribution in [-0.2, 0) is 9.59 Å². The van der Waals surface area contributed by atoms with Gasteiger partial charge in [-0.2, -0.15) is 0 Å². The first-order valence-corrected chi connectivity index (χ1v) is 9.22. The van der Waals surface area contributed by atoms with E-state index in [2.05, 4.69) is 19.6 Å². The van der Waals surface area contributed by atoms with E-state index >= 15 is 0 Å². The van der Waals surface area contributed by atoms with Crippen LogP contribution in [0.15, 0.2) is 0 Å². The largest absolute Gasteiger partial charge is 0.480 e. The van der Waals surface area contributed by atoms with E-state index in [0.717, 1.165) is 91.0 Å². The highest BCUT2D eigenvalue weighted by molar-refractivity contribution is 5.69. The number of hydrogen-bond acceptors (Lipinski definition) is 6. The standard InChI is InChI=1S/C17H32N4O3/c22-15-14-20-8-2-6-19-5-1-4-18(10-11-20)7-3-9-21(13-12-19)16-17(23)24/h15H,1-14,16H2,(H,23,24). The molecule has 138 valence electrons. The zero-order valence-electron chi connectivity index (χ0n) is 14.7. The molecule has 1 N–H and O–H groups in total. The Bertz CT molecular complexity index is 394. The molecule has 2 fully saturated rings. The van der Waals surface area contributed by atoms with Gasteiger partial charge < -0.3 is 19.7 Å². The summed E-state index contributed by atoms with van der Waals surface area (Å²) in [5.41, 5.74) is 0. The molecule has 0 amide bonds. The summed E-state index contributed by atoms with van der Waals surface area (Å²) in [6.07, 6.45) is 4.23. The topological polar surface area (TPSA) is 67.3 Å². The fourth-order valence-corrected chi connectivity index (χ4v) is 3.65. The Morgan fingerprint density at radius 3 is 1.79 bits per heavy atom. The van der Waals surface area contributed by atoms with Gasteiger partial charge in [-0.1, -0.05) is 0 Å². The van der Waals surface area contributed by atoms with Crippen LogP contribution in [0.3, 0.4) is 0 Å². The van der Waals surface area contributed by atoms with Gasteiger partial charge in [0.25, 0.3) is 0 Å². The molecule has 2 saturated heterocycles. The summed E-state index contributed by atoms with van der Waals surface area (Å²) in [7, 11) is 0. The van der Waals surface area contributed by atoms with Crippen molar-refractivity contribution in [3.8, 4) is 0 Å². The highest BCUT2D eigenvalue weighted by Crippen LogP contribution is 2.06. The molecule has 2 heterocycles. The Morgan fingerprint density at radius 1 is 0.750 bits per heavy atom. The van der Waals surface area contributed by atoms with Crippen LogP contribution in [0.2, 0.25) is 0 Å². The van der Waals surface area contributed by atoms with Gasteiger partial charge in [-0.05, 0) is 52.0 Å². The Balaban J connectivity index is 2.01. The number of hydrogen-bond donors (Lipinski definition) is 1. The number of carbonyl (C=O) groups excluding carboxylic acids is 1. The molecule has 0 aromatic carbocycles. The first-order valence-electron chi connectivity index (χ1n) is 9.22. The minimum atomic E-state index is -0.737. The van der Waals surface area contributed by atoms with E-state index in [1.54, 1.807) is 0 Å². The lowest BCUT2D eigenvalue weighted by Crippen LogP contribution is -2.41. The zero-order chi connectivity index (χ0) is 17.2. The summed E-state index contributed by atoms with van der Waals surface area (Å²) >= 11 is 0. The van der Waals surface area contributed by atoms with Crippen LogP contribution in [0.4, 0.5) is 0 Å². The van der Waals surface area contributed by atoms with Crippen LogP contribution >= 0.6 is 0 Å². The summed E-state index contributed by atoms with van der Waals surface area (Å²) in [4.78, 5) is 31.2. The molecule has 2 aliphatic heterocycles. The van der Waals surface area contributed by atoms with Crippen LogP contribution in [0.5, 0.6) is 0 Å². The van der Waals surface area contributed by atoms with E-state index in [4.69, 9.17) is 5.11 Å². The third-order valence-corrected chi connectivity index (χ3v) is 5.00. The Labute approximate surface area is 145 Å². The minimum absolute atomic E-state index is 0.140. The molecule has 0 aromatic rings. The number of fused-ring (bicyclic) bond motifs is 4. The number of carbonyl (C=O) groups is 2. The Morgan fingerprint density at radius 2 is 1.25 bits per heavy atom. The second-order valence-corrected chi connectivity index (χ2v) is 6.88. The molecular weight excluding hydrogens is 308 g/mol. The highest BCUT2D eigenvalue weighted by atomic mass is 16.4. The molecule has 2 aliphatic rings. The molecule has 2 unspecified atom stereocenters. The van der Waals surface area contributed by atoms with E-state index in [0.29, 0.717) is 6.54 Å². The van der Waals surface area contributed by atoms with Crippen molar-refractivity contribution in [1.29, 1.82) is 0 Å². The van der Waals surface area contributed by atoms with Crippen LogP contribution < -0.4 is 0 Å². The average molecular weight is 340 g/mol. The van der Waals surface area contributed by atoms with Crippen LogP contribution in [0, 0.1) is 0 Å². The molecule has 2 rings (SSSR count). The van der Waals surface area contributed by atoms with Gasteiger partial charge in [0.1, 0.15) is 6.29 Å². The average Bonchev–Trinajstić information content (AvgIpc) is 2.60. The highest BCUT2D eigenvalue weighted by Gasteiger charge is 2.17. The minimum Gasteiger partial charge on any atom is -0.480 e. The molecule has 2 atom stereocenters. The number of nitrogens with zero attached hydrogens (tertiary/aromatic N) is 4. The maximum Gasteiger partial charge on any atom is 0.317 e. The quantitative estimate of drug-likeness (QED) is 0.703.